The van der Waals surface area contributed by atoms with E-state index in [1.54, 1.807) is 11.1 Å². The summed E-state index contributed by atoms with van der Waals surface area (Å²) in [6.07, 6.45) is 2.04. The van der Waals surface area contributed by atoms with Crippen molar-refractivity contribution in [1.82, 2.24) is 0 Å². The lowest BCUT2D eigenvalue weighted by molar-refractivity contribution is 0.242. The molecule has 5 nitrogen and oxygen atoms in total. The molecular formula is C26H31N3O2. The molecule has 3 aromatic carbocycles. The number of anilines is 3. The first-order valence-corrected chi connectivity index (χ1v) is 10.4. The Morgan fingerprint density at radius 3 is 1.84 bits per heavy atom. The van der Waals surface area contributed by atoms with E-state index in [-0.39, 0.29) is 12.2 Å². The maximum absolute atomic E-state index is 6.45. The Morgan fingerprint density at radius 2 is 1.35 bits per heavy atom. The van der Waals surface area contributed by atoms with E-state index in [2.05, 4.69) is 6.58 Å². The molecule has 0 heterocycles. The number of nitrogens with zero attached hydrogens (tertiary/aromatic N) is 1. The van der Waals surface area contributed by atoms with Gasteiger partial charge in [-0.25, -0.2) is 5.84 Å². The number of rotatable bonds is 8. The van der Waals surface area contributed by atoms with Gasteiger partial charge in [0.15, 0.2) is 0 Å². The number of hydrazine groups is 1. The fourth-order valence-corrected chi connectivity index (χ4v) is 3.33. The average molecular weight is 418 g/mol. The zero-order chi connectivity index (χ0) is 22.5. The molecule has 0 atom stereocenters. The molecule has 0 radical (unpaired) electrons. The van der Waals surface area contributed by atoms with Crippen LogP contribution in [0.2, 0.25) is 0 Å². The molecule has 0 saturated carbocycles. The highest BCUT2D eigenvalue weighted by atomic mass is 16.5. The second-order valence-electron chi connectivity index (χ2n) is 7.92. The van der Waals surface area contributed by atoms with Gasteiger partial charge < -0.3 is 15.2 Å². The highest BCUT2D eigenvalue weighted by Crippen LogP contribution is 2.36. The number of nitrogen functional groups attached to an aromatic ring is 1. The lowest BCUT2D eigenvalue weighted by Crippen LogP contribution is -2.26. The molecule has 0 unspecified atom stereocenters. The van der Waals surface area contributed by atoms with E-state index in [1.165, 1.54) is 0 Å². The second-order valence-corrected chi connectivity index (χ2v) is 7.92. The molecule has 162 valence electrons. The fourth-order valence-electron chi connectivity index (χ4n) is 3.33. The number of ether oxygens (including phenoxy) is 2. The van der Waals surface area contributed by atoms with E-state index in [0.717, 1.165) is 33.9 Å². The smallest absolute Gasteiger partial charge is 0.119 e. The third kappa shape index (κ3) is 5.38. The molecule has 0 bridgehead atoms. The monoisotopic (exact) mass is 417 g/mol. The van der Waals surface area contributed by atoms with Crippen LogP contribution in [-0.2, 0) is 0 Å². The molecule has 0 aromatic heterocycles. The summed E-state index contributed by atoms with van der Waals surface area (Å²) >= 11 is 0. The molecule has 0 saturated heterocycles. The van der Waals surface area contributed by atoms with Crippen molar-refractivity contribution in [1.29, 1.82) is 0 Å². The Bertz CT molecular complexity index is 1030. The lowest BCUT2D eigenvalue weighted by Gasteiger charge is -2.23. The Kier molecular flexibility index (Phi) is 6.88. The van der Waals surface area contributed by atoms with E-state index in [9.17, 15) is 0 Å². The summed E-state index contributed by atoms with van der Waals surface area (Å²) < 4.78 is 11.5. The molecule has 0 aliphatic heterocycles. The van der Waals surface area contributed by atoms with Gasteiger partial charge in [-0.3, -0.25) is 5.01 Å². The minimum atomic E-state index is 0.113. The summed E-state index contributed by atoms with van der Waals surface area (Å²) in [6.45, 7) is 11.9. The van der Waals surface area contributed by atoms with Crippen molar-refractivity contribution in [3.63, 3.8) is 0 Å². The molecule has 0 aliphatic rings. The number of hydrogen-bond acceptors (Lipinski definition) is 5. The third-order valence-electron chi connectivity index (χ3n) is 4.70. The minimum absolute atomic E-state index is 0.113. The number of nitrogens with two attached hydrogens (primary N) is 2. The van der Waals surface area contributed by atoms with Crippen LogP contribution in [0.1, 0.15) is 33.3 Å². The number of benzene rings is 3. The van der Waals surface area contributed by atoms with Crippen LogP contribution in [-0.4, -0.2) is 12.2 Å². The summed E-state index contributed by atoms with van der Waals surface area (Å²) in [5, 5.41) is 1.58. The van der Waals surface area contributed by atoms with Gasteiger partial charge in [0, 0.05) is 0 Å². The van der Waals surface area contributed by atoms with Crippen LogP contribution in [0.15, 0.2) is 67.2 Å². The average Bonchev–Trinajstić information content (AvgIpc) is 2.73. The summed E-state index contributed by atoms with van der Waals surface area (Å²) in [5.41, 5.74) is 11.4. The van der Waals surface area contributed by atoms with Crippen molar-refractivity contribution < 1.29 is 9.47 Å². The van der Waals surface area contributed by atoms with Gasteiger partial charge in [0.2, 0.25) is 0 Å². The minimum Gasteiger partial charge on any atom is -0.491 e. The van der Waals surface area contributed by atoms with Gasteiger partial charge in [-0.05, 0) is 92.9 Å². The van der Waals surface area contributed by atoms with Gasteiger partial charge in [-0.2, -0.15) is 0 Å². The lowest BCUT2D eigenvalue weighted by atomic mass is 9.97. The van der Waals surface area contributed by atoms with E-state index >= 15 is 0 Å². The Morgan fingerprint density at radius 1 is 0.839 bits per heavy atom. The van der Waals surface area contributed by atoms with Crippen LogP contribution < -0.4 is 26.1 Å². The summed E-state index contributed by atoms with van der Waals surface area (Å²) in [4.78, 5) is 0. The first-order chi connectivity index (χ1) is 14.8. The van der Waals surface area contributed by atoms with Crippen LogP contribution in [0.4, 0.5) is 17.1 Å². The maximum Gasteiger partial charge on any atom is 0.119 e. The molecule has 0 aliphatic carbocycles. The van der Waals surface area contributed by atoms with Gasteiger partial charge in [0.1, 0.15) is 11.5 Å². The third-order valence-corrected chi connectivity index (χ3v) is 4.70. The summed E-state index contributed by atoms with van der Waals surface area (Å²) in [5.74, 6) is 8.08. The van der Waals surface area contributed by atoms with Gasteiger partial charge in [-0.1, -0.05) is 24.8 Å². The molecular weight excluding hydrogens is 386 g/mol. The molecule has 0 fully saturated rings. The molecule has 0 amide bonds. The Labute approximate surface area is 184 Å². The molecule has 31 heavy (non-hydrogen) atoms. The van der Waals surface area contributed by atoms with Crippen molar-refractivity contribution in [3.05, 3.63) is 72.8 Å². The van der Waals surface area contributed by atoms with E-state index < -0.39 is 0 Å². The normalized spacial score (nSPS) is 10.9. The highest BCUT2D eigenvalue weighted by Gasteiger charge is 2.14. The predicted molar refractivity (Wildman–Crippen MR) is 131 cm³/mol. The van der Waals surface area contributed by atoms with Crippen molar-refractivity contribution in [2.45, 2.75) is 39.9 Å². The van der Waals surface area contributed by atoms with Gasteiger partial charge in [0.05, 0.1) is 29.3 Å². The quantitative estimate of drug-likeness (QED) is 0.261. The van der Waals surface area contributed by atoms with Crippen LogP contribution in [0, 0.1) is 0 Å². The SMILES string of the molecule is C=Cc1cc(N)c(N(N)c2ccc(OC(C)C)cc2)cc1-c1ccc(OC(C)C)cc1. The van der Waals surface area contributed by atoms with E-state index in [1.807, 2.05) is 88.4 Å². The van der Waals surface area contributed by atoms with Crippen molar-refractivity contribution in [2.75, 3.05) is 10.7 Å². The van der Waals surface area contributed by atoms with E-state index in [0.29, 0.717) is 11.4 Å². The second kappa shape index (κ2) is 9.58. The fraction of sp³-hybridized carbons (Fsp3) is 0.231. The topological polar surface area (TPSA) is 73.7 Å². The van der Waals surface area contributed by atoms with Crippen molar-refractivity contribution >= 4 is 23.1 Å². The van der Waals surface area contributed by atoms with Crippen LogP contribution in [0.3, 0.4) is 0 Å². The van der Waals surface area contributed by atoms with Crippen molar-refractivity contribution in [2.24, 2.45) is 5.84 Å². The predicted octanol–water partition coefficient (Wildman–Crippen LogP) is 6.17. The molecule has 5 heteroatoms. The van der Waals surface area contributed by atoms with Crippen LogP contribution in [0.25, 0.3) is 17.2 Å². The largest absolute Gasteiger partial charge is 0.491 e. The summed E-state index contributed by atoms with van der Waals surface area (Å²) in [7, 11) is 0. The van der Waals surface area contributed by atoms with E-state index in [4.69, 9.17) is 21.1 Å². The molecule has 3 rings (SSSR count). The zero-order valence-corrected chi connectivity index (χ0v) is 18.6. The van der Waals surface area contributed by atoms with Gasteiger partial charge in [-0.15, -0.1) is 0 Å². The van der Waals surface area contributed by atoms with Crippen LogP contribution >= 0.6 is 0 Å². The molecule has 4 N–H and O–H groups in total. The van der Waals surface area contributed by atoms with Gasteiger partial charge >= 0.3 is 0 Å². The first kappa shape index (κ1) is 22.2. The standard InChI is InChI=1S/C26H31N3O2/c1-6-19-15-25(27)26(29(28)21-9-13-23(14-10-21)31-18(4)5)16-24(19)20-7-11-22(12-8-20)30-17(2)3/h6-18H,1,27-28H2,2-5H3. The first-order valence-electron chi connectivity index (χ1n) is 10.4. The Hall–Kier alpha value is -3.44. The van der Waals surface area contributed by atoms with Crippen LogP contribution in [0.5, 0.6) is 11.5 Å². The van der Waals surface area contributed by atoms with Crippen molar-refractivity contribution in [3.8, 4) is 22.6 Å². The van der Waals surface area contributed by atoms with Gasteiger partial charge in [0.25, 0.3) is 0 Å². The zero-order valence-electron chi connectivity index (χ0n) is 18.6. The summed E-state index contributed by atoms with van der Waals surface area (Å²) in [6, 6.07) is 19.5. The Balaban J connectivity index is 1.95. The highest BCUT2D eigenvalue weighted by molar-refractivity contribution is 5.86. The number of hydrogen-bond donors (Lipinski definition) is 2. The molecule has 0 spiro atoms. The molecule has 3 aromatic rings. The maximum atomic E-state index is 6.45.